The number of halogens is 1. The van der Waals surface area contributed by atoms with Crippen molar-refractivity contribution in [2.24, 2.45) is 0 Å². The van der Waals surface area contributed by atoms with Crippen LogP contribution < -0.4 is 5.32 Å². The van der Waals surface area contributed by atoms with E-state index in [0.29, 0.717) is 6.42 Å². The molecule has 0 unspecified atom stereocenters. The van der Waals surface area contributed by atoms with Crippen LogP contribution in [0.3, 0.4) is 0 Å². The topological polar surface area (TPSA) is 42.0 Å². The van der Waals surface area contributed by atoms with E-state index in [1.165, 1.54) is 0 Å². The number of anilines is 1. The second kappa shape index (κ2) is 5.77. The SMILES string of the molecule is O=C(Cc1ccncc1)Nc1ccccc1I. The van der Waals surface area contributed by atoms with Gasteiger partial charge in [0, 0.05) is 16.0 Å². The van der Waals surface area contributed by atoms with E-state index in [1.807, 2.05) is 36.4 Å². The number of pyridine rings is 1. The second-order valence-corrected chi connectivity index (χ2v) is 4.72. The maximum Gasteiger partial charge on any atom is 0.228 e. The van der Waals surface area contributed by atoms with E-state index in [1.54, 1.807) is 12.4 Å². The summed E-state index contributed by atoms with van der Waals surface area (Å²) in [6.07, 6.45) is 3.75. The van der Waals surface area contributed by atoms with Gasteiger partial charge in [-0.3, -0.25) is 9.78 Å². The number of hydrogen-bond acceptors (Lipinski definition) is 2. The van der Waals surface area contributed by atoms with Gasteiger partial charge in [-0.05, 0) is 52.4 Å². The summed E-state index contributed by atoms with van der Waals surface area (Å²) in [5.74, 6) is -0.0136. The molecule has 0 bridgehead atoms. The van der Waals surface area contributed by atoms with Crippen molar-refractivity contribution in [1.29, 1.82) is 0 Å². The van der Waals surface area contributed by atoms with Gasteiger partial charge in [0.1, 0.15) is 0 Å². The van der Waals surface area contributed by atoms with Gasteiger partial charge in [-0.1, -0.05) is 12.1 Å². The van der Waals surface area contributed by atoms with E-state index in [-0.39, 0.29) is 5.91 Å². The smallest absolute Gasteiger partial charge is 0.228 e. The molecule has 0 fully saturated rings. The molecule has 1 aromatic heterocycles. The molecule has 2 rings (SSSR count). The van der Waals surface area contributed by atoms with Crippen molar-refractivity contribution in [2.45, 2.75) is 6.42 Å². The normalized spacial score (nSPS) is 9.94. The van der Waals surface area contributed by atoms with Crippen LogP contribution in [0, 0.1) is 3.57 Å². The van der Waals surface area contributed by atoms with Crippen LogP contribution in [0.5, 0.6) is 0 Å². The number of nitrogens with one attached hydrogen (secondary N) is 1. The van der Waals surface area contributed by atoms with Crippen LogP contribution >= 0.6 is 22.6 Å². The average Bonchev–Trinajstić information content (AvgIpc) is 2.33. The van der Waals surface area contributed by atoms with Gasteiger partial charge < -0.3 is 5.32 Å². The minimum atomic E-state index is -0.0136. The molecule has 1 heterocycles. The number of carbonyl (C=O) groups is 1. The minimum Gasteiger partial charge on any atom is -0.325 e. The van der Waals surface area contributed by atoms with Crippen molar-refractivity contribution in [3.05, 3.63) is 57.9 Å². The van der Waals surface area contributed by atoms with Gasteiger partial charge in [-0.15, -0.1) is 0 Å². The molecule has 0 saturated carbocycles. The molecular formula is C13H11IN2O. The monoisotopic (exact) mass is 338 g/mol. The Balaban J connectivity index is 2.01. The quantitative estimate of drug-likeness (QED) is 0.875. The van der Waals surface area contributed by atoms with E-state index in [9.17, 15) is 4.79 Å². The van der Waals surface area contributed by atoms with Gasteiger partial charge in [0.05, 0.1) is 12.1 Å². The lowest BCUT2D eigenvalue weighted by molar-refractivity contribution is -0.115. The second-order valence-electron chi connectivity index (χ2n) is 3.56. The maximum atomic E-state index is 11.8. The fourth-order valence-corrected chi connectivity index (χ4v) is 1.97. The maximum absolute atomic E-state index is 11.8. The number of aromatic nitrogens is 1. The molecule has 2 aromatic rings. The molecule has 4 heteroatoms. The van der Waals surface area contributed by atoms with Crippen LogP contribution in [0.4, 0.5) is 5.69 Å². The Hall–Kier alpha value is -1.43. The van der Waals surface area contributed by atoms with Gasteiger partial charge in [0.2, 0.25) is 5.91 Å². The summed E-state index contributed by atoms with van der Waals surface area (Å²) in [5, 5.41) is 2.89. The van der Waals surface area contributed by atoms with Crippen LogP contribution in [0.25, 0.3) is 0 Å². The Bertz CT molecular complexity index is 514. The average molecular weight is 338 g/mol. The highest BCUT2D eigenvalue weighted by atomic mass is 127. The predicted molar refractivity (Wildman–Crippen MR) is 75.7 cm³/mol. The Morgan fingerprint density at radius 2 is 1.88 bits per heavy atom. The van der Waals surface area contributed by atoms with Crippen LogP contribution in [-0.4, -0.2) is 10.9 Å². The molecule has 0 saturated heterocycles. The Morgan fingerprint density at radius 1 is 1.18 bits per heavy atom. The molecule has 17 heavy (non-hydrogen) atoms. The van der Waals surface area contributed by atoms with Crippen molar-refractivity contribution in [1.82, 2.24) is 4.98 Å². The summed E-state index contributed by atoms with van der Waals surface area (Å²) in [6, 6.07) is 11.4. The number of para-hydroxylation sites is 1. The zero-order valence-corrected chi connectivity index (χ0v) is 11.2. The third-order valence-electron chi connectivity index (χ3n) is 2.26. The fraction of sp³-hybridized carbons (Fsp3) is 0.0769. The van der Waals surface area contributed by atoms with Crippen molar-refractivity contribution >= 4 is 34.2 Å². The van der Waals surface area contributed by atoms with E-state index >= 15 is 0 Å². The third-order valence-corrected chi connectivity index (χ3v) is 3.20. The summed E-state index contributed by atoms with van der Waals surface area (Å²) in [6.45, 7) is 0. The molecule has 86 valence electrons. The summed E-state index contributed by atoms with van der Waals surface area (Å²) in [4.78, 5) is 15.7. The number of hydrogen-bond donors (Lipinski definition) is 1. The molecule has 1 N–H and O–H groups in total. The van der Waals surface area contributed by atoms with Crippen LogP contribution in [0.15, 0.2) is 48.8 Å². The van der Waals surface area contributed by atoms with Gasteiger partial charge in [0.15, 0.2) is 0 Å². The van der Waals surface area contributed by atoms with Crippen LogP contribution in [0.1, 0.15) is 5.56 Å². The number of rotatable bonds is 3. The number of nitrogens with zero attached hydrogens (tertiary/aromatic N) is 1. The summed E-state index contributed by atoms with van der Waals surface area (Å²) >= 11 is 2.20. The highest BCUT2D eigenvalue weighted by molar-refractivity contribution is 14.1. The molecule has 0 spiro atoms. The highest BCUT2D eigenvalue weighted by Crippen LogP contribution is 2.17. The lowest BCUT2D eigenvalue weighted by atomic mass is 10.2. The zero-order valence-electron chi connectivity index (χ0n) is 9.06. The molecule has 0 radical (unpaired) electrons. The predicted octanol–water partition coefficient (Wildman–Crippen LogP) is 2.87. The third kappa shape index (κ3) is 3.52. The molecule has 1 amide bonds. The Morgan fingerprint density at radius 3 is 2.59 bits per heavy atom. The standard InChI is InChI=1S/C13H11IN2O/c14-11-3-1-2-4-12(11)16-13(17)9-10-5-7-15-8-6-10/h1-8H,9H2,(H,16,17). The Labute approximate surface area is 113 Å². The summed E-state index contributed by atoms with van der Waals surface area (Å²) < 4.78 is 1.04. The highest BCUT2D eigenvalue weighted by Gasteiger charge is 2.05. The lowest BCUT2D eigenvalue weighted by Crippen LogP contribution is -2.15. The molecule has 1 aromatic carbocycles. The first kappa shape index (κ1) is 12.0. The first-order valence-electron chi connectivity index (χ1n) is 5.19. The number of carbonyl (C=O) groups excluding carboxylic acids is 1. The van der Waals surface area contributed by atoms with Gasteiger partial charge in [0.25, 0.3) is 0 Å². The number of amides is 1. The van der Waals surface area contributed by atoms with E-state index < -0.39 is 0 Å². The van der Waals surface area contributed by atoms with E-state index in [2.05, 4.69) is 32.9 Å². The Kier molecular flexibility index (Phi) is 4.08. The van der Waals surface area contributed by atoms with E-state index in [4.69, 9.17) is 0 Å². The summed E-state index contributed by atoms with van der Waals surface area (Å²) in [7, 11) is 0. The zero-order chi connectivity index (χ0) is 12.1. The van der Waals surface area contributed by atoms with Crippen molar-refractivity contribution in [3.63, 3.8) is 0 Å². The number of benzene rings is 1. The first-order chi connectivity index (χ1) is 8.25. The molecule has 0 atom stereocenters. The lowest BCUT2D eigenvalue weighted by Gasteiger charge is -2.06. The van der Waals surface area contributed by atoms with Crippen LogP contribution in [0.2, 0.25) is 0 Å². The fourth-order valence-electron chi connectivity index (χ4n) is 1.44. The minimum absolute atomic E-state index is 0.0136. The van der Waals surface area contributed by atoms with Crippen molar-refractivity contribution in [2.75, 3.05) is 5.32 Å². The van der Waals surface area contributed by atoms with Crippen molar-refractivity contribution in [3.8, 4) is 0 Å². The van der Waals surface area contributed by atoms with Gasteiger partial charge >= 0.3 is 0 Å². The molecule has 0 aliphatic rings. The first-order valence-corrected chi connectivity index (χ1v) is 6.27. The summed E-state index contributed by atoms with van der Waals surface area (Å²) in [5.41, 5.74) is 1.82. The molecular weight excluding hydrogens is 327 g/mol. The largest absolute Gasteiger partial charge is 0.325 e. The van der Waals surface area contributed by atoms with E-state index in [0.717, 1.165) is 14.8 Å². The molecule has 0 aliphatic carbocycles. The van der Waals surface area contributed by atoms with Gasteiger partial charge in [-0.2, -0.15) is 0 Å². The van der Waals surface area contributed by atoms with Crippen LogP contribution in [-0.2, 0) is 11.2 Å². The van der Waals surface area contributed by atoms with Crippen molar-refractivity contribution < 1.29 is 4.79 Å². The molecule has 0 aliphatic heterocycles. The van der Waals surface area contributed by atoms with Gasteiger partial charge in [-0.25, -0.2) is 0 Å². The molecule has 3 nitrogen and oxygen atoms in total.